The van der Waals surface area contributed by atoms with E-state index in [0.717, 1.165) is 12.6 Å². The lowest BCUT2D eigenvalue weighted by molar-refractivity contribution is 0.0784. The van der Waals surface area contributed by atoms with Gasteiger partial charge in [0.2, 0.25) is 0 Å². The molecule has 0 bridgehead atoms. The maximum atomic E-state index is 3.46. The summed E-state index contributed by atoms with van der Waals surface area (Å²) in [6, 6.07) is 11.7. The molecule has 0 amide bonds. The van der Waals surface area contributed by atoms with Gasteiger partial charge in [-0.2, -0.15) is 0 Å². The lowest BCUT2D eigenvalue weighted by atomic mass is 10.0. The monoisotopic (exact) mass is 331 g/mol. The Bertz CT molecular complexity index is 374. The topological polar surface area (TPSA) is 18.5 Å². The summed E-state index contributed by atoms with van der Waals surface area (Å²) in [4.78, 5) is 5.30. The predicted molar refractivity (Wildman–Crippen MR) is 93.7 cm³/mol. The van der Waals surface area contributed by atoms with Crippen LogP contribution < -0.4 is 5.32 Å². The van der Waals surface area contributed by atoms with Crippen LogP contribution in [0.25, 0.3) is 0 Å². The molecule has 0 aromatic heterocycles. The highest BCUT2D eigenvalue weighted by Gasteiger charge is 2.24. The maximum Gasteiger partial charge on any atom is 0.0234 e. The van der Waals surface area contributed by atoms with E-state index >= 15 is 0 Å². The number of piperidine rings is 1. The van der Waals surface area contributed by atoms with Crippen molar-refractivity contribution in [1.82, 2.24) is 15.1 Å². The van der Waals surface area contributed by atoms with Crippen LogP contribution in [0.3, 0.4) is 0 Å². The average molecular weight is 332 g/mol. The first kappa shape index (κ1) is 18.7. The molecule has 3 rings (SSSR count). The molecule has 0 atom stereocenters. The van der Waals surface area contributed by atoms with E-state index in [-0.39, 0.29) is 24.8 Å². The van der Waals surface area contributed by atoms with E-state index in [9.17, 15) is 0 Å². The van der Waals surface area contributed by atoms with Crippen LogP contribution in [0.2, 0.25) is 0 Å². The molecule has 120 valence electrons. The quantitative estimate of drug-likeness (QED) is 0.917. The Hall–Kier alpha value is -0.320. The molecule has 2 heterocycles. The molecule has 2 fully saturated rings. The van der Waals surface area contributed by atoms with Gasteiger partial charge in [0, 0.05) is 38.8 Å². The number of hydrogen-bond acceptors (Lipinski definition) is 3. The number of rotatable bonds is 3. The third kappa shape index (κ3) is 5.42. The molecular weight excluding hydrogens is 305 g/mol. The Labute approximate surface area is 140 Å². The molecule has 0 spiro atoms. The molecule has 2 aliphatic rings. The summed E-state index contributed by atoms with van der Waals surface area (Å²) in [5.41, 5.74) is 1.44. The Morgan fingerprint density at radius 2 is 1.52 bits per heavy atom. The highest BCUT2D eigenvalue weighted by molar-refractivity contribution is 5.85. The van der Waals surface area contributed by atoms with Crippen molar-refractivity contribution in [3.63, 3.8) is 0 Å². The van der Waals surface area contributed by atoms with Gasteiger partial charge in [-0.1, -0.05) is 30.3 Å². The first-order valence-corrected chi connectivity index (χ1v) is 7.63. The number of piperazine rings is 1. The zero-order chi connectivity index (χ0) is 12.9. The first-order chi connectivity index (χ1) is 9.42. The van der Waals surface area contributed by atoms with E-state index in [2.05, 4.69) is 45.4 Å². The minimum absolute atomic E-state index is 0. The van der Waals surface area contributed by atoms with Gasteiger partial charge >= 0.3 is 0 Å². The summed E-state index contributed by atoms with van der Waals surface area (Å²) >= 11 is 0. The number of nitrogens with one attached hydrogen (secondary N) is 1. The zero-order valence-electron chi connectivity index (χ0n) is 12.5. The Morgan fingerprint density at radius 3 is 2.14 bits per heavy atom. The van der Waals surface area contributed by atoms with E-state index in [1.54, 1.807) is 0 Å². The second kappa shape index (κ2) is 9.65. The number of halogens is 2. The second-order valence-corrected chi connectivity index (χ2v) is 5.78. The van der Waals surface area contributed by atoms with Gasteiger partial charge in [-0.15, -0.1) is 24.8 Å². The van der Waals surface area contributed by atoms with E-state index in [1.807, 2.05) is 0 Å². The van der Waals surface area contributed by atoms with Gasteiger partial charge in [0.25, 0.3) is 0 Å². The van der Waals surface area contributed by atoms with E-state index < -0.39 is 0 Å². The number of hydrogen-bond donors (Lipinski definition) is 1. The highest BCUT2D eigenvalue weighted by atomic mass is 35.5. The maximum absolute atomic E-state index is 3.46. The second-order valence-electron chi connectivity index (χ2n) is 5.78. The van der Waals surface area contributed by atoms with Gasteiger partial charge in [0.15, 0.2) is 0 Å². The largest absolute Gasteiger partial charge is 0.317 e. The molecule has 21 heavy (non-hydrogen) atoms. The summed E-state index contributed by atoms with van der Waals surface area (Å²) < 4.78 is 0. The molecule has 3 nitrogen and oxygen atoms in total. The molecule has 0 unspecified atom stereocenters. The van der Waals surface area contributed by atoms with Crippen LogP contribution >= 0.6 is 24.8 Å². The van der Waals surface area contributed by atoms with E-state index in [1.165, 1.54) is 57.7 Å². The summed E-state index contributed by atoms with van der Waals surface area (Å²) in [6.45, 7) is 8.46. The summed E-state index contributed by atoms with van der Waals surface area (Å²) in [7, 11) is 0. The van der Waals surface area contributed by atoms with Crippen molar-refractivity contribution in [3.05, 3.63) is 35.9 Å². The van der Waals surface area contributed by atoms with Crippen LogP contribution in [0.4, 0.5) is 0 Å². The van der Waals surface area contributed by atoms with Crippen molar-refractivity contribution in [1.29, 1.82) is 0 Å². The van der Waals surface area contributed by atoms with Crippen molar-refractivity contribution in [2.24, 2.45) is 0 Å². The fourth-order valence-corrected chi connectivity index (χ4v) is 3.30. The fourth-order valence-electron chi connectivity index (χ4n) is 3.30. The fraction of sp³-hybridized carbons (Fsp3) is 0.625. The van der Waals surface area contributed by atoms with Crippen molar-refractivity contribution in [2.75, 3.05) is 39.3 Å². The molecule has 1 N–H and O–H groups in total. The SMILES string of the molecule is Cl.Cl.c1ccc(CN2CCN(C3CCNCC3)CC2)cc1. The minimum Gasteiger partial charge on any atom is -0.317 e. The minimum atomic E-state index is 0. The van der Waals surface area contributed by atoms with Crippen molar-refractivity contribution in [2.45, 2.75) is 25.4 Å². The Kier molecular flexibility index (Phi) is 8.60. The standard InChI is InChI=1S/C16H25N3.2ClH/c1-2-4-15(5-3-1)14-18-10-12-19(13-11-18)16-6-8-17-9-7-16;;/h1-5,16-17H,6-14H2;2*1H. The van der Waals surface area contributed by atoms with Gasteiger partial charge in [-0.05, 0) is 31.5 Å². The molecule has 0 radical (unpaired) electrons. The van der Waals surface area contributed by atoms with Gasteiger partial charge in [0.05, 0.1) is 0 Å². The predicted octanol–water partition coefficient (Wildman–Crippen LogP) is 2.40. The lowest BCUT2D eigenvalue weighted by Crippen LogP contribution is -2.52. The molecule has 2 aliphatic heterocycles. The molecular formula is C16H27Cl2N3. The third-order valence-corrected chi connectivity index (χ3v) is 4.48. The van der Waals surface area contributed by atoms with Crippen molar-refractivity contribution in [3.8, 4) is 0 Å². The number of benzene rings is 1. The van der Waals surface area contributed by atoms with Crippen LogP contribution in [-0.4, -0.2) is 55.1 Å². The number of nitrogens with zero attached hydrogens (tertiary/aromatic N) is 2. The van der Waals surface area contributed by atoms with Crippen molar-refractivity contribution < 1.29 is 0 Å². The van der Waals surface area contributed by atoms with Crippen LogP contribution in [-0.2, 0) is 6.54 Å². The van der Waals surface area contributed by atoms with Crippen LogP contribution in [0, 0.1) is 0 Å². The third-order valence-electron chi connectivity index (χ3n) is 4.48. The average Bonchev–Trinajstić information content (AvgIpc) is 2.50. The highest BCUT2D eigenvalue weighted by Crippen LogP contribution is 2.15. The lowest BCUT2D eigenvalue weighted by Gasteiger charge is -2.40. The molecule has 1 aromatic carbocycles. The van der Waals surface area contributed by atoms with Crippen LogP contribution in [0.15, 0.2) is 30.3 Å². The molecule has 1 aromatic rings. The zero-order valence-corrected chi connectivity index (χ0v) is 14.2. The summed E-state index contributed by atoms with van der Waals surface area (Å²) in [6.07, 6.45) is 2.66. The van der Waals surface area contributed by atoms with Crippen LogP contribution in [0.1, 0.15) is 18.4 Å². The molecule has 5 heteroatoms. The van der Waals surface area contributed by atoms with Gasteiger partial charge in [0.1, 0.15) is 0 Å². The van der Waals surface area contributed by atoms with Gasteiger partial charge < -0.3 is 5.32 Å². The summed E-state index contributed by atoms with van der Waals surface area (Å²) in [5, 5.41) is 3.46. The van der Waals surface area contributed by atoms with E-state index in [0.29, 0.717) is 0 Å². The molecule has 0 saturated carbocycles. The van der Waals surface area contributed by atoms with Gasteiger partial charge in [-0.3, -0.25) is 9.80 Å². The molecule has 2 saturated heterocycles. The van der Waals surface area contributed by atoms with Gasteiger partial charge in [-0.25, -0.2) is 0 Å². The van der Waals surface area contributed by atoms with E-state index in [4.69, 9.17) is 0 Å². The first-order valence-electron chi connectivity index (χ1n) is 7.63. The Morgan fingerprint density at radius 1 is 0.905 bits per heavy atom. The normalized spacial score (nSPS) is 21.3. The van der Waals surface area contributed by atoms with Crippen LogP contribution in [0.5, 0.6) is 0 Å². The smallest absolute Gasteiger partial charge is 0.0234 e. The Balaban J connectivity index is 0.00000110. The van der Waals surface area contributed by atoms with Crippen molar-refractivity contribution >= 4 is 24.8 Å². The summed E-state index contributed by atoms with van der Waals surface area (Å²) in [5.74, 6) is 0. The molecule has 0 aliphatic carbocycles.